The summed E-state index contributed by atoms with van der Waals surface area (Å²) in [6.45, 7) is 0.331. The molecular weight excluding hydrogens is 434 g/mol. The van der Waals surface area contributed by atoms with Crippen molar-refractivity contribution in [2.24, 2.45) is 0 Å². The first-order chi connectivity index (χ1) is 12.6. The second-order valence-electron chi connectivity index (χ2n) is 5.56. The lowest BCUT2D eigenvalue weighted by Crippen LogP contribution is -2.27. The zero-order valence-corrected chi connectivity index (χ0v) is 16.6. The lowest BCUT2D eigenvalue weighted by Gasteiger charge is -2.11. The summed E-state index contributed by atoms with van der Waals surface area (Å²) in [5.74, 6) is 1.91. The van der Waals surface area contributed by atoms with Crippen molar-refractivity contribution in [2.75, 3.05) is 0 Å². The van der Waals surface area contributed by atoms with Crippen LogP contribution < -0.4 is 0 Å². The lowest BCUT2D eigenvalue weighted by molar-refractivity contribution is -0.122. The Morgan fingerprint density at radius 3 is 2.69 bits per heavy atom. The van der Waals surface area contributed by atoms with Crippen LogP contribution >= 0.6 is 39.9 Å². The molecule has 4 rings (SSSR count). The zero-order valence-electron chi connectivity index (χ0n) is 13.3. The van der Waals surface area contributed by atoms with Crippen LogP contribution in [0.1, 0.15) is 11.5 Å². The monoisotopic (exact) mass is 445 g/mol. The fourth-order valence-corrected chi connectivity index (χ4v) is 4.02. The van der Waals surface area contributed by atoms with Crippen molar-refractivity contribution in [3.05, 3.63) is 75.7 Å². The summed E-state index contributed by atoms with van der Waals surface area (Å²) >= 11 is 10.0. The number of carbonyl (C=O) groups is 1. The van der Waals surface area contributed by atoms with Gasteiger partial charge in [0.15, 0.2) is 0 Å². The molecule has 0 bridgehead atoms. The molecular formula is C19H12BrNO3S2. The minimum atomic E-state index is -0.141. The molecule has 3 heterocycles. The molecule has 0 atom stereocenters. The van der Waals surface area contributed by atoms with E-state index >= 15 is 0 Å². The second kappa shape index (κ2) is 7.26. The Bertz CT molecular complexity index is 990. The number of carbonyl (C=O) groups excluding carboxylic acids is 1. The molecule has 0 N–H and O–H groups in total. The summed E-state index contributed by atoms with van der Waals surface area (Å²) < 4.78 is 12.7. The maximum atomic E-state index is 12.6. The maximum Gasteiger partial charge on any atom is 0.266 e. The smallest absolute Gasteiger partial charge is 0.266 e. The van der Waals surface area contributed by atoms with E-state index in [1.165, 1.54) is 16.7 Å². The minimum absolute atomic E-state index is 0.141. The van der Waals surface area contributed by atoms with Gasteiger partial charge in [-0.25, -0.2) is 0 Å². The molecule has 26 heavy (non-hydrogen) atoms. The molecule has 0 saturated carbocycles. The van der Waals surface area contributed by atoms with Gasteiger partial charge in [-0.05, 0) is 36.4 Å². The van der Waals surface area contributed by atoms with Crippen molar-refractivity contribution >= 4 is 56.2 Å². The third kappa shape index (κ3) is 3.56. The molecule has 4 nitrogen and oxygen atoms in total. The van der Waals surface area contributed by atoms with Gasteiger partial charge in [0.05, 0.1) is 17.7 Å². The second-order valence-corrected chi connectivity index (χ2v) is 8.15. The van der Waals surface area contributed by atoms with Gasteiger partial charge in [0.1, 0.15) is 21.6 Å². The van der Waals surface area contributed by atoms with E-state index in [0.717, 1.165) is 15.8 Å². The van der Waals surface area contributed by atoms with Crippen LogP contribution in [-0.4, -0.2) is 15.1 Å². The number of rotatable bonds is 4. The summed E-state index contributed by atoms with van der Waals surface area (Å²) in [6.07, 6.45) is 3.30. The third-order valence-electron chi connectivity index (χ3n) is 3.80. The summed E-state index contributed by atoms with van der Waals surface area (Å²) in [5, 5.41) is 0. The molecule has 0 aliphatic carbocycles. The van der Waals surface area contributed by atoms with Crippen LogP contribution in [0.4, 0.5) is 0 Å². The molecule has 3 aromatic rings. The highest BCUT2D eigenvalue weighted by Crippen LogP contribution is 2.34. The number of hydrogen-bond acceptors (Lipinski definition) is 5. The van der Waals surface area contributed by atoms with E-state index in [1.54, 1.807) is 18.4 Å². The van der Waals surface area contributed by atoms with E-state index < -0.39 is 0 Å². The van der Waals surface area contributed by atoms with Gasteiger partial charge in [0, 0.05) is 16.1 Å². The standard InChI is InChI=1S/C19H12BrNO3S2/c20-13-5-3-12(4-6-13)16-8-7-14(24-16)10-17-18(22)21(19(25)26-17)11-15-2-1-9-23-15/h1-10H,11H2/b17-10-. The summed E-state index contributed by atoms with van der Waals surface area (Å²) in [6, 6.07) is 15.2. The van der Waals surface area contributed by atoms with Gasteiger partial charge in [-0.3, -0.25) is 9.69 Å². The molecule has 0 spiro atoms. The van der Waals surface area contributed by atoms with E-state index in [0.29, 0.717) is 27.3 Å². The number of benzene rings is 1. The van der Waals surface area contributed by atoms with Crippen molar-refractivity contribution in [1.82, 2.24) is 4.90 Å². The molecule has 130 valence electrons. The van der Waals surface area contributed by atoms with Crippen LogP contribution in [0.5, 0.6) is 0 Å². The number of amides is 1. The molecule has 1 aromatic carbocycles. The molecule has 1 fully saturated rings. The van der Waals surface area contributed by atoms with Crippen LogP contribution in [-0.2, 0) is 11.3 Å². The van der Waals surface area contributed by atoms with E-state index in [-0.39, 0.29) is 5.91 Å². The predicted octanol–water partition coefficient (Wildman–Crippen LogP) is 5.70. The summed E-state index contributed by atoms with van der Waals surface area (Å²) in [4.78, 5) is 14.7. The topological polar surface area (TPSA) is 46.6 Å². The first-order valence-corrected chi connectivity index (χ1v) is 9.75. The van der Waals surface area contributed by atoms with Gasteiger partial charge in [-0.2, -0.15) is 0 Å². The number of furan rings is 2. The molecule has 1 saturated heterocycles. The Hall–Kier alpha value is -2.09. The number of thiocarbonyl (C=S) groups is 1. The largest absolute Gasteiger partial charge is 0.467 e. The van der Waals surface area contributed by atoms with Crippen LogP contribution in [0.25, 0.3) is 17.4 Å². The Balaban J connectivity index is 1.54. The van der Waals surface area contributed by atoms with Crippen LogP contribution in [0.15, 0.2) is 73.0 Å². The van der Waals surface area contributed by atoms with Gasteiger partial charge < -0.3 is 8.83 Å². The summed E-state index contributed by atoms with van der Waals surface area (Å²) in [5.41, 5.74) is 0.971. The lowest BCUT2D eigenvalue weighted by atomic mass is 10.2. The average molecular weight is 446 g/mol. The fraction of sp³-hybridized carbons (Fsp3) is 0.0526. The third-order valence-corrected chi connectivity index (χ3v) is 5.70. The quantitative estimate of drug-likeness (QED) is 0.380. The highest BCUT2D eigenvalue weighted by molar-refractivity contribution is 9.10. The fourth-order valence-electron chi connectivity index (χ4n) is 2.52. The molecule has 1 aliphatic rings. The Kier molecular flexibility index (Phi) is 4.84. The Morgan fingerprint density at radius 2 is 1.96 bits per heavy atom. The van der Waals surface area contributed by atoms with Crippen molar-refractivity contribution < 1.29 is 13.6 Å². The van der Waals surface area contributed by atoms with Crippen LogP contribution in [0.2, 0.25) is 0 Å². The van der Waals surface area contributed by atoms with E-state index in [9.17, 15) is 4.79 Å². The van der Waals surface area contributed by atoms with Crippen LogP contribution in [0.3, 0.4) is 0 Å². The molecule has 1 amide bonds. The predicted molar refractivity (Wildman–Crippen MR) is 109 cm³/mol. The molecule has 0 radical (unpaired) electrons. The van der Waals surface area contributed by atoms with Gasteiger partial charge in [-0.1, -0.05) is 52.0 Å². The highest BCUT2D eigenvalue weighted by atomic mass is 79.9. The highest BCUT2D eigenvalue weighted by Gasteiger charge is 2.32. The minimum Gasteiger partial charge on any atom is -0.467 e. The normalized spacial score (nSPS) is 16.0. The van der Waals surface area contributed by atoms with Crippen LogP contribution in [0, 0.1) is 0 Å². The molecule has 2 aromatic heterocycles. The van der Waals surface area contributed by atoms with Crippen molar-refractivity contribution in [3.8, 4) is 11.3 Å². The first-order valence-electron chi connectivity index (χ1n) is 7.74. The van der Waals surface area contributed by atoms with Gasteiger partial charge >= 0.3 is 0 Å². The number of halogens is 1. The van der Waals surface area contributed by atoms with Gasteiger partial charge in [0.25, 0.3) is 5.91 Å². The van der Waals surface area contributed by atoms with Crippen molar-refractivity contribution in [3.63, 3.8) is 0 Å². The summed E-state index contributed by atoms with van der Waals surface area (Å²) in [7, 11) is 0. The molecule has 7 heteroatoms. The Morgan fingerprint density at radius 1 is 1.15 bits per heavy atom. The van der Waals surface area contributed by atoms with Crippen molar-refractivity contribution in [1.29, 1.82) is 0 Å². The molecule has 1 aliphatic heterocycles. The van der Waals surface area contributed by atoms with E-state index in [1.807, 2.05) is 42.5 Å². The number of thioether (sulfide) groups is 1. The maximum absolute atomic E-state index is 12.6. The Labute approximate surface area is 168 Å². The molecule has 0 unspecified atom stereocenters. The zero-order chi connectivity index (χ0) is 18.1. The number of hydrogen-bond donors (Lipinski definition) is 0. The van der Waals surface area contributed by atoms with Crippen molar-refractivity contribution in [2.45, 2.75) is 6.54 Å². The van der Waals surface area contributed by atoms with E-state index in [4.69, 9.17) is 21.1 Å². The average Bonchev–Trinajstić information content (AvgIpc) is 3.35. The SMILES string of the molecule is O=C1/C(=C/c2ccc(-c3ccc(Br)cc3)o2)SC(=S)N1Cc1ccco1. The van der Waals surface area contributed by atoms with Gasteiger partial charge in [0.2, 0.25) is 0 Å². The van der Waals surface area contributed by atoms with Gasteiger partial charge in [-0.15, -0.1) is 0 Å². The van der Waals surface area contributed by atoms with E-state index in [2.05, 4.69) is 15.9 Å². The first kappa shape index (κ1) is 17.3. The number of nitrogens with zero attached hydrogens (tertiary/aromatic N) is 1.